The third-order valence-electron chi connectivity index (χ3n) is 2.57. The predicted octanol–water partition coefficient (Wildman–Crippen LogP) is 4.02. The highest BCUT2D eigenvalue weighted by molar-refractivity contribution is 9.10. The Kier molecular flexibility index (Phi) is 4.66. The molecule has 6 heteroatoms. The fraction of sp³-hybridized carbons (Fsp3) is 0.308. The van der Waals surface area contributed by atoms with Gasteiger partial charge in [-0.2, -0.15) is 0 Å². The summed E-state index contributed by atoms with van der Waals surface area (Å²) in [5.74, 6) is 1.41. The Morgan fingerprint density at radius 2 is 1.95 bits per heavy atom. The van der Waals surface area contributed by atoms with E-state index in [1.54, 1.807) is 25.6 Å². The molecule has 0 amide bonds. The molecule has 0 radical (unpaired) electrons. The minimum Gasteiger partial charge on any atom is -0.493 e. The molecule has 0 spiro atoms. The number of rotatable bonds is 5. The molecule has 0 bridgehead atoms. The SMILES string of the molecule is CCNc1ncc(-c2cc(OC)c(OC)cc2Br)s1. The molecule has 19 heavy (non-hydrogen) atoms. The molecule has 1 aromatic heterocycles. The molecule has 0 aliphatic rings. The van der Waals surface area contributed by atoms with Crippen LogP contribution in [-0.4, -0.2) is 25.7 Å². The Labute approximate surface area is 124 Å². The lowest BCUT2D eigenvalue weighted by molar-refractivity contribution is 0.355. The second-order valence-electron chi connectivity index (χ2n) is 3.75. The normalized spacial score (nSPS) is 10.3. The summed E-state index contributed by atoms with van der Waals surface area (Å²) in [7, 11) is 3.26. The summed E-state index contributed by atoms with van der Waals surface area (Å²) in [5.41, 5.74) is 1.04. The number of hydrogen-bond donors (Lipinski definition) is 1. The maximum atomic E-state index is 5.33. The summed E-state index contributed by atoms with van der Waals surface area (Å²) in [6, 6.07) is 3.85. The van der Waals surface area contributed by atoms with Crippen LogP contribution >= 0.6 is 27.3 Å². The highest BCUT2D eigenvalue weighted by atomic mass is 79.9. The molecule has 4 nitrogen and oxygen atoms in total. The van der Waals surface area contributed by atoms with Crippen molar-refractivity contribution in [1.82, 2.24) is 4.98 Å². The van der Waals surface area contributed by atoms with Crippen LogP contribution < -0.4 is 14.8 Å². The zero-order valence-corrected chi connectivity index (χ0v) is 13.4. The van der Waals surface area contributed by atoms with Crippen molar-refractivity contribution in [2.75, 3.05) is 26.1 Å². The van der Waals surface area contributed by atoms with E-state index in [0.717, 1.165) is 26.6 Å². The molecular formula is C13H15BrN2O2S. The summed E-state index contributed by atoms with van der Waals surface area (Å²) in [6.07, 6.45) is 1.86. The van der Waals surface area contributed by atoms with E-state index in [0.29, 0.717) is 11.5 Å². The first-order valence-electron chi connectivity index (χ1n) is 5.81. The second-order valence-corrected chi connectivity index (χ2v) is 5.63. The van der Waals surface area contributed by atoms with Crippen LogP contribution in [0.4, 0.5) is 5.13 Å². The van der Waals surface area contributed by atoms with Gasteiger partial charge in [-0.25, -0.2) is 4.98 Å². The molecule has 1 heterocycles. The number of hydrogen-bond acceptors (Lipinski definition) is 5. The average molecular weight is 343 g/mol. The molecule has 1 N–H and O–H groups in total. The first-order chi connectivity index (χ1) is 9.19. The minimum absolute atomic E-state index is 0.703. The van der Waals surface area contributed by atoms with Crippen molar-refractivity contribution >= 4 is 32.4 Å². The molecule has 2 rings (SSSR count). The van der Waals surface area contributed by atoms with Gasteiger partial charge in [-0.15, -0.1) is 0 Å². The van der Waals surface area contributed by atoms with Gasteiger partial charge in [-0.3, -0.25) is 0 Å². The standard InChI is InChI=1S/C13H15BrN2O2S/c1-4-15-13-16-7-12(19-13)8-5-10(17-2)11(18-3)6-9(8)14/h5-7H,4H2,1-3H3,(H,15,16). The first-order valence-corrected chi connectivity index (χ1v) is 7.42. The second kappa shape index (κ2) is 6.25. The molecule has 2 aromatic rings. The molecule has 0 saturated carbocycles. The van der Waals surface area contributed by atoms with Crippen LogP contribution in [-0.2, 0) is 0 Å². The lowest BCUT2D eigenvalue weighted by Crippen LogP contribution is -1.94. The Hall–Kier alpha value is -1.27. The monoisotopic (exact) mass is 342 g/mol. The van der Waals surface area contributed by atoms with Crippen molar-refractivity contribution in [3.05, 3.63) is 22.8 Å². The van der Waals surface area contributed by atoms with Gasteiger partial charge in [-0.05, 0) is 35.0 Å². The van der Waals surface area contributed by atoms with Crippen LogP contribution in [0, 0.1) is 0 Å². The van der Waals surface area contributed by atoms with Gasteiger partial charge >= 0.3 is 0 Å². The van der Waals surface area contributed by atoms with Gasteiger partial charge in [0.05, 0.1) is 19.1 Å². The van der Waals surface area contributed by atoms with Gasteiger partial charge in [-0.1, -0.05) is 11.3 Å². The largest absolute Gasteiger partial charge is 0.493 e. The van der Waals surface area contributed by atoms with Gasteiger partial charge in [0, 0.05) is 22.8 Å². The Morgan fingerprint density at radius 1 is 1.26 bits per heavy atom. The van der Waals surface area contributed by atoms with Crippen molar-refractivity contribution in [1.29, 1.82) is 0 Å². The molecule has 0 unspecified atom stereocenters. The van der Waals surface area contributed by atoms with Crippen LogP contribution in [0.1, 0.15) is 6.92 Å². The highest BCUT2D eigenvalue weighted by Gasteiger charge is 2.13. The third kappa shape index (κ3) is 3.01. The number of methoxy groups -OCH3 is 2. The number of aromatic nitrogens is 1. The average Bonchev–Trinajstić information content (AvgIpc) is 2.87. The predicted molar refractivity (Wildman–Crippen MR) is 82.5 cm³/mol. The van der Waals surface area contributed by atoms with Gasteiger partial charge in [0.25, 0.3) is 0 Å². The lowest BCUT2D eigenvalue weighted by Gasteiger charge is -2.10. The molecule has 1 aromatic carbocycles. The van der Waals surface area contributed by atoms with E-state index in [1.165, 1.54) is 0 Å². The molecule has 0 aliphatic carbocycles. The Morgan fingerprint density at radius 3 is 2.58 bits per heavy atom. The molecule has 102 valence electrons. The number of halogens is 1. The Bertz CT molecular complexity index is 572. The van der Waals surface area contributed by atoms with Gasteiger partial charge in [0.2, 0.25) is 0 Å². The number of ether oxygens (including phenoxy) is 2. The van der Waals surface area contributed by atoms with Crippen LogP contribution in [0.25, 0.3) is 10.4 Å². The minimum atomic E-state index is 0.703. The third-order valence-corrected chi connectivity index (χ3v) is 4.22. The number of thiazole rings is 1. The van der Waals surface area contributed by atoms with Crippen molar-refractivity contribution in [2.45, 2.75) is 6.92 Å². The fourth-order valence-electron chi connectivity index (χ4n) is 1.67. The zero-order chi connectivity index (χ0) is 13.8. The van der Waals surface area contributed by atoms with Crippen molar-refractivity contribution in [3.63, 3.8) is 0 Å². The van der Waals surface area contributed by atoms with Crippen LogP contribution in [0.15, 0.2) is 22.8 Å². The molecule has 0 aliphatic heterocycles. The highest BCUT2D eigenvalue weighted by Crippen LogP contribution is 2.40. The molecule has 0 atom stereocenters. The van der Waals surface area contributed by atoms with E-state index >= 15 is 0 Å². The molecule has 0 saturated heterocycles. The van der Waals surface area contributed by atoms with E-state index in [1.807, 2.05) is 25.3 Å². The quantitative estimate of drug-likeness (QED) is 0.890. The summed E-state index contributed by atoms with van der Waals surface area (Å²) >= 11 is 5.17. The van der Waals surface area contributed by atoms with Crippen LogP contribution in [0.2, 0.25) is 0 Å². The Balaban J connectivity index is 2.42. The number of nitrogens with zero attached hydrogens (tertiary/aromatic N) is 1. The van der Waals surface area contributed by atoms with Gasteiger partial charge < -0.3 is 14.8 Å². The van der Waals surface area contributed by atoms with Crippen LogP contribution in [0.3, 0.4) is 0 Å². The van der Waals surface area contributed by atoms with Crippen LogP contribution in [0.5, 0.6) is 11.5 Å². The van der Waals surface area contributed by atoms with E-state index in [2.05, 4.69) is 26.2 Å². The van der Waals surface area contributed by atoms with E-state index in [9.17, 15) is 0 Å². The number of nitrogens with one attached hydrogen (secondary N) is 1. The zero-order valence-electron chi connectivity index (χ0n) is 11.0. The summed E-state index contributed by atoms with van der Waals surface area (Å²) in [4.78, 5) is 5.41. The molecular weight excluding hydrogens is 328 g/mol. The van der Waals surface area contributed by atoms with E-state index in [-0.39, 0.29) is 0 Å². The van der Waals surface area contributed by atoms with E-state index in [4.69, 9.17) is 9.47 Å². The maximum absolute atomic E-state index is 5.33. The molecule has 0 fully saturated rings. The van der Waals surface area contributed by atoms with Gasteiger partial charge in [0.1, 0.15) is 0 Å². The maximum Gasteiger partial charge on any atom is 0.183 e. The number of benzene rings is 1. The van der Waals surface area contributed by atoms with Crippen molar-refractivity contribution in [3.8, 4) is 21.9 Å². The van der Waals surface area contributed by atoms with Gasteiger partial charge in [0.15, 0.2) is 16.6 Å². The summed E-state index contributed by atoms with van der Waals surface area (Å²) in [6.45, 7) is 2.91. The smallest absolute Gasteiger partial charge is 0.183 e. The fourth-order valence-corrected chi connectivity index (χ4v) is 3.26. The number of anilines is 1. The van der Waals surface area contributed by atoms with Crippen molar-refractivity contribution < 1.29 is 9.47 Å². The van der Waals surface area contributed by atoms with E-state index < -0.39 is 0 Å². The topological polar surface area (TPSA) is 43.4 Å². The lowest BCUT2D eigenvalue weighted by atomic mass is 10.2. The summed E-state index contributed by atoms with van der Waals surface area (Å²) in [5, 5.41) is 4.12. The van der Waals surface area contributed by atoms with Crippen molar-refractivity contribution in [2.24, 2.45) is 0 Å². The first kappa shape index (κ1) is 14.1. The summed E-state index contributed by atoms with van der Waals surface area (Å²) < 4.78 is 11.6.